The number of carbonyl (C=O) groups excluding carboxylic acids is 1. The summed E-state index contributed by atoms with van der Waals surface area (Å²) in [4.78, 5) is 18.9. The molecule has 0 fully saturated rings. The van der Waals surface area contributed by atoms with Crippen LogP contribution in [-0.4, -0.2) is 15.9 Å². The highest BCUT2D eigenvalue weighted by molar-refractivity contribution is 9.10. The largest absolute Gasteiger partial charge is 0.364 e. The molecule has 2 heterocycles. The van der Waals surface area contributed by atoms with E-state index in [0.29, 0.717) is 15.2 Å². The zero-order valence-electron chi connectivity index (χ0n) is 7.78. The van der Waals surface area contributed by atoms with E-state index in [2.05, 4.69) is 25.9 Å². The molecule has 0 unspecified atom stereocenters. The number of rotatable bonds is 2. The van der Waals surface area contributed by atoms with Crippen molar-refractivity contribution in [1.82, 2.24) is 9.97 Å². The fourth-order valence-electron chi connectivity index (χ4n) is 1.18. The lowest BCUT2D eigenvalue weighted by atomic mass is 10.2. The van der Waals surface area contributed by atoms with Gasteiger partial charge in [-0.1, -0.05) is 0 Å². The monoisotopic (exact) mass is 301 g/mol. The van der Waals surface area contributed by atoms with Gasteiger partial charge in [0.2, 0.25) is 0 Å². The number of carbonyl (C=O) groups is 1. The van der Waals surface area contributed by atoms with Crippen LogP contribution in [0.4, 0.5) is 4.39 Å². The zero-order chi connectivity index (χ0) is 11.7. The van der Waals surface area contributed by atoms with Crippen molar-refractivity contribution in [2.45, 2.75) is 0 Å². The molecule has 0 saturated carbocycles. The number of primary amides is 1. The van der Waals surface area contributed by atoms with Gasteiger partial charge in [-0.2, -0.15) is 0 Å². The van der Waals surface area contributed by atoms with Gasteiger partial charge in [0.15, 0.2) is 0 Å². The molecule has 0 aliphatic rings. The fraction of sp³-hybridized carbons (Fsp3) is 0. The molecule has 0 spiro atoms. The minimum absolute atomic E-state index is 0.0169. The number of nitrogens with zero attached hydrogens (tertiary/aromatic N) is 2. The number of nitrogens with two attached hydrogens (primary N) is 1. The summed E-state index contributed by atoms with van der Waals surface area (Å²) in [6.07, 6.45) is 0.951. The first kappa shape index (κ1) is 11.2. The Bertz CT molecular complexity index is 557. The van der Waals surface area contributed by atoms with Crippen molar-refractivity contribution in [2.24, 2.45) is 5.73 Å². The minimum atomic E-state index is -0.707. The summed E-state index contributed by atoms with van der Waals surface area (Å²) in [6.45, 7) is 0. The third-order valence-electron chi connectivity index (χ3n) is 1.79. The van der Waals surface area contributed by atoms with Crippen LogP contribution < -0.4 is 5.73 Å². The van der Waals surface area contributed by atoms with Gasteiger partial charge in [0.1, 0.15) is 21.1 Å². The lowest BCUT2D eigenvalue weighted by Gasteiger charge is -2.02. The van der Waals surface area contributed by atoms with Crippen molar-refractivity contribution in [3.63, 3.8) is 0 Å². The van der Waals surface area contributed by atoms with Crippen molar-refractivity contribution in [2.75, 3.05) is 0 Å². The Labute approximate surface area is 102 Å². The van der Waals surface area contributed by atoms with Crippen LogP contribution in [0.3, 0.4) is 0 Å². The van der Waals surface area contributed by atoms with E-state index in [4.69, 9.17) is 5.73 Å². The summed E-state index contributed by atoms with van der Waals surface area (Å²) in [5, 5.41) is 2.22. The Morgan fingerprint density at radius 1 is 1.56 bits per heavy atom. The Morgan fingerprint density at radius 3 is 2.88 bits per heavy atom. The molecule has 0 aromatic carbocycles. The maximum Gasteiger partial charge on any atom is 0.268 e. The van der Waals surface area contributed by atoms with Gasteiger partial charge in [0.05, 0.1) is 6.20 Å². The Kier molecular flexibility index (Phi) is 2.97. The first-order valence-corrected chi connectivity index (χ1v) is 5.82. The van der Waals surface area contributed by atoms with Gasteiger partial charge in [-0.3, -0.25) is 4.79 Å². The summed E-state index contributed by atoms with van der Waals surface area (Å²) in [6, 6.07) is 1.19. The molecule has 2 aromatic heterocycles. The van der Waals surface area contributed by atoms with E-state index in [-0.39, 0.29) is 5.69 Å². The molecule has 0 aliphatic carbocycles. The quantitative estimate of drug-likeness (QED) is 0.924. The van der Waals surface area contributed by atoms with Crippen molar-refractivity contribution >= 4 is 33.2 Å². The second kappa shape index (κ2) is 4.26. The molecule has 82 valence electrons. The molecule has 0 atom stereocenters. The Hall–Kier alpha value is -1.34. The van der Waals surface area contributed by atoms with Crippen LogP contribution >= 0.6 is 27.3 Å². The van der Waals surface area contributed by atoms with Gasteiger partial charge in [-0.05, 0) is 22.0 Å². The van der Waals surface area contributed by atoms with E-state index >= 15 is 0 Å². The summed E-state index contributed by atoms with van der Waals surface area (Å²) in [7, 11) is 0. The highest BCUT2D eigenvalue weighted by Gasteiger charge is 2.15. The third kappa shape index (κ3) is 2.10. The molecule has 0 bridgehead atoms. The van der Waals surface area contributed by atoms with Crippen molar-refractivity contribution in [3.8, 4) is 10.6 Å². The van der Waals surface area contributed by atoms with Gasteiger partial charge >= 0.3 is 0 Å². The number of thiazole rings is 1. The van der Waals surface area contributed by atoms with E-state index in [0.717, 1.165) is 6.20 Å². The molecule has 4 nitrogen and oxygen atoms in total. The van der Waals surface area contributed by atoms with Crippen LogP contribution in [0.2, 0.25) is 0 Å². The highest BCUT2D eigenvalue weighted by atomic mass is 79.9. The predicted molar refractivity (Wildman–Crippen MR) is 61.5 cm³/mol. The summed E-state index contributed by atoms with van der Waals surface area (Å²) in [5.74, 6) is -1.24. The number of hydrogen-bond donors (Lipinski definition) is 1. The van der Waals surface area contributed by atoms with Gasteiger partial charge in [-0.25, -0.2) is 14.4 Å². The lowest BCUT2D eigenvalue weighted by molar-refractivity contribution is 0.0996. The second-order valence-electron chi connectivity index (χ2n) is 2.89. The maximum atomic E-state index is 13.1. The molecule has 2 aromatic rings. The average Bonchev–Trinajstić information content (AvgIpc) is 2.64. The molecule has 2 rings (SSSR count). The predicted octanol–water partition coefficient (Wildman–Crippen LogP) is 2.21. The minimum Gasteiger partial charge on any atom is -0.364 e. The average molecular weight is 302 g/mol. The number of aromatic nitrogens is 2. The van der Waals surface area contributed by atoms with Crippen LogP contribution in [0.15, 0.2) is 22.2 Å². The maximum absolute atomic E-state index is 13.1. The molecule has 0 saturated heterocycles. The van der Waals surface area contributed by atoms with Gasteiger partial charge in [0.25, 0.3) is 5.91 Å². The standard InChI is InChI=1S/C9H5BrFN3OS/c10-6-3-16-9(14-6)5-1-4(11)2-13-7(5)8(12)15/h1-3H,(H2,12,15). The van der Waals surface area contributed by atoms with Crippen LogP contribution in [0.25, 0.3) is 10.6 Å². The molecule has 16 heavy (non-hydrogen) atoms. The number of amides is 1. The lowest BCUT2D eigenvalue weighted by Crippen LogP contribution is -2.14. The van der Waals surface area contributed by atoms with E-state index < -0.39 is 11.7 Å². The van der Waals surface area contributed by atoms with Gasteiger partial charge in [-0.15, -0.1) is 11.3 Å². The smallest absolute Gasteiger partial charge is 0.268 e. The van der Waals surface area contributed by atoms with Crippen LogP contribution in [-0.2, 0) is 0 Å². The van der Waals surface area contributed by atoms with E-state index in [1.54, 1.807) is 5.38 Å². The molecule has 2 N–H and O–H groups in total. The Morgan fingerprint density at radius 2 is 2.31 bits per heavy atom. The molecular weight excluding hydrogens is 297 g/mol. The number of pyridine rings is 1. The summed E-state index contributed by atoms with van der Waals surface area (Å²) >= 11 is 4.45. The summed E-state index contributed by atoms with van der Waals surface area (Å²) in [5.41, 5.74) is 5.48. The van der Waals surface area contributed by atoms with Crippen LogP contribution in [0.5, 0.6) is 0 Å². The zero-order valence-corrected chi connectivity index (χ0v) is 10.2. The van der Waals surface area contributed by atoms with E-state index in [1.807, 2.05) is 0 Å². The van der Waals surface area contributed by atoms with Crippen LogP contribution in [0.1, 0.15) is 10.5 Å². The molecule has 7 heteroatoms. The topological polar surface area (TPSA) is 68.9 Å². The molecule has 0 radical (unpaired) electrons. The summed E-state index contributed by atoms with van der Waals surface area (Å²) < 4.78 is 13.7. The molecule has 1 amide bonds. The fourth-order valence-corrected chi connectivity index (χ4v) is 2.45. The Balaban J connectivity index is 2.62. The molecular formula is C9H5BrFN3OS. The van der Waals surface area contributed by atoms with E-state index in [9.17, 15) is 9.18 Å². The SMILES string of the molecule is NC(=O)c1ncc(F)cc1-c1nc(Br)cs1. The second-order valence-corrected chi connectivity index (χ2v) is 4.56. The number of halogens is 2. The van der Waals surface area contributed by atoms with Gasteiger partial charge < -0.3 is 5.73 Å². The van der Waals surface area contributed by atoms with Crippen molar-refractivity contribution in [1.29, 1.82) is 0 Å². The van der Waals surface area contributed by atoms with Crippen molar-refractivity contribution < 1.29 is 9.18 Å². The molecule has 0 aliphatic heterocycles. The van der Waals surface area contributed by atoms with Gasteiger partial charge in [0, 0.05) is 10.9 Å². The normalized spacial score (nSPS) is 10.4. The highest BCUT2D eigenvalue weighted by Crippen LogP contribution is 2.28. The first-order valence-electron chi connectivity index (χ1n) is 4.14. The first-order chi connectivity index (χ1) is 7.58. The van der Waals surface area contributed by atoms with Crippen molar-refractivity contribution in [3.05, 3.63) is 33.8 Å². The third-order valence-corrected chi connectivity index (χ3v) is 3.38. The number of hydrogen-bond acceptors (Lipinski definition) is 4. The van der Waals surface area contributed by atoms with E-state index in [1.165, 1.54) is 17.4 Å². The van der Waals surface area contributed by atoms with Crippen LogP contribution in [0, 0.1) is 5.82 Å².